The van der Waals surface area contributed by atoms with Crippen LogP contribution in [0.5, 0.6) is 0 Å². The topological polar surface area (TPSA) is 29.5 Å². The highest BCUT2D eigenvalue weighted by Crippen LogP contribution is 2.10. The normalized spacial score (nSPS) is 10.7. The van der Waals surface area contributed by atoms with Gasteiger partial charge in [0.25, 0.3) is 5.24 Å². The summed E-state index contributed by atoms with van der Waals surface area (Å²) >= 11 is 3.84. The van der Waals surface area contributed by atoms with E-state index < -0.39 is 0 Å². The van der Waals surface area contributed by atoms with Gasteiger partial charge in [0.15, 0.2) is 0 Å². The summed E-state index contributed by atoms with van der Waals surface area (Å²) in [5.74, 6) is 0.735. The number of hydrogen-bond acceptors (Lipinski definition) is 4. The Bertz CT molecular complexity index is 177. The highest BCUT2D eigenvalue weighted by Gasteiger charge is 2.06. The zero-order chi connectivity index (χ0) is 11.7. The first-order chi connectivity index (χ1) is 7.07. The van der Waals surface area contributed by atoms with Gasteiger partial charge in [-0.1, -0.05) is 13.8 Å². The molecule has 0 atom stereocenters. The summed E-state index contributed by atoms with van der Waals surface area (Å²) in [4.78, 5) is 12.7. The second-order valence-corrected chi connectivity index (χ2v) is 5.01. The van der Waals surface area contributed by atoms with Crippen LogP contribution in [0.3, 0.4) is 0 Å². The maximum atomic E-state index is 11.1. The van der Waals surface area contributed by atoms with Crippen LogP contribution in [-0.2, 0) is 4.74 Å². The molecule has 0 aromatic rings. The van der Waals surface area contributed by atoms with Crippen LogP contribution in [0.1, 0.15) is 26.7 Å². The Morgan fingerprint density at radius 3 is 2.67 bits per heavy atom. The summed E-state index contributed by atoms with van der Waals surface area (Å²) < 4.78 is 5.42. The third-order valence-electron chi connectivity index (χ3n) is 2.03. The minimum absolute atomic E-state index is 0.0379. The Hall–Kier alpha value is 0.130. The van der Waals surface area contributed by atoms with E-state index in [1.54, 1.807) is 11.9 Å². The Labute approximate surface area is 102 Å². The molecule has 5 heteroatoms. The van der Waals surface area contributed by atoms with Gasteiger partial charge in [-0.2, -0.15) is 0 Å². The molecule has 0 rings (SSSR count). The van der Waals surface area contributed by atoms with Gasteiger partial charge in [0.05, 0.1) is 6.61 Å². The van der Waals surface area contributed by atoms with E-state index in [-0.39, 0.29) is 5.24 Å². The molecule has 0 aromatic heterocycles. The predicted molar refractivity (Wildman–Crippen MR) is 69.5 cm³/mol. The summed E-state index contributed by atoms with van der Waals surface area (Å²) in [6.45, 7) is 6.43. The van der Waals surface area contributed by atoms with Crippen molar-refractivity contribution in [2.45, 2.75) is 26.7 Å². The zero-order valence-electron chi connectivity index (χ0n) is 9.73. The number of thiol groups is 1. The van der Waals surface area contributed by atoms with E-state index in [9.17, 15) is 4.79 Å². The summed E-state index contributed by atoms with van der Waals surface area (Å²) in [6, 6.07) is 0. The Kier molecular flexibility index (Phi) is 9.44. The molecule has 90 valence electrons. The van der Waals surface area contributed by atoms with Crippen LogP contribution in [0.4, 0.5) is 4.79 Å². The SMILES string of the molecule is CC(C)CCCOCCN(C)C(=O)SS. The number of carbonyl (C=O) groups excluding carboxylic acids is 1. The zero-order valence-corrected chi connectivity index (χ0v) is 11.4. The molecule has 0 bridgehead atoms. The number of rotatable bonds is 7. The largest absolute Gasteiger partial charge is 0.380 e. The second kappa shape index (κ2) is 9.36. The predicted octanol–water partition coefficient (Wildman–Crippen LogP) is 3.07. The molecule has 3 nitrogen and oxygen atoms in total. The molecule has 0 aliphatic carbocycles. The minimum atomic E-state index is -0.0379. The van der Waals surface area contributed by atoms with E-state index in [0.717, 1.165) is 29.7 Å². The fraction of sp³-hybridized carbons (Fsp3) is 0.900. The van der Waals surface area contributed by atoms with Crippen molar-refractivity contribution in [1.82, 2.24) is 4.90 Å². The number of carbonyl (C=O) groups is 1. The van der Waals surface area contributed by atoms with Crippen LogP contribution in [0.25, 0.3) is 0 Å². The lowest BCUT2D eigenvalue weighted by molar-refractivity contribution is 0.114. The van der Waals surface area contributed by atoms with Gasteiger partial charge < -0.3 is 9.64 Å². The third kappa shape index (κ3) is 9.08. The van der Waals surface area contributed by atoms with Gasteiger partial charge in [-0.05, 0) is 18.8 Å². The van der Waals surface area contributed by atoms with Gasteiger partial charge in [0.1, 0.15) is 0 Å². The fourth-order valence-corrected chi connectivity index (χ4v) is 1.71. The number of ether oxygens (including phenoxy) is 1. The molecular weight excluding hydrogens is 230 g/mol. The minimum Gasteiger partial charge on any atom is -0.380 e. The van der Waals surface area contributed by atoms with E-state index in [1.165, 1.54) is 6.42 Å². The summed E-state index contributed by atoms with van der Waals surface area (Å²) in [7, 11) is 2.68. The Balaban J connectivity index is 3.27. The fourth-order valence-electron chi connectivity index (χ4n) is 1.06. The summed E-state index contributed by atoms with van der Waals surface area (Å²) in [5, 5.41) is -0.0379. The number of amides is 1. The monoisotopic (exact) mass is 251 g/mol. The molecule has 0 unspecified atom stereocenters. The van der Waals surface area contributed by atoms with Gasteiger partial charge >= 0.3 is 0 Å². The molecule has 0 aliphatic heterocycles. The molecule has 0 saturated heterocycles. The smallest absolute Gasteiger partial charge is 0.291 e. The lowest BCUT2D eigenvalue weighted by Gasteiger charge is -2.15. The van der Waals surface area contributed by atoms with E-state index in [1.807, 2.05) is 0 Å². The first-order valence-corrected chi connectivity index (χ1v) is 7.09. The van der Waals surface area contributed by atoms with Crippen molar-refractivity contribution in [3.8, 4) is 0 Å². The molecular formula is C10H21NO2S2. The van der Waals surface area contributed by atoms with Crippen LogP contribution < -0.4 is 0 Å². The molecule has 0 aliphatic rings. The maximum absolute atomic E-state index is 11.1. The highest BCUT2D eigenvalue weighted by molar-refractivity contribution is 8.74. The molecule has 0 radical (unpaired) electrons. The van der Waals surface area contributed by atoms with E-state index in [0.29, 0.717) is 13.2 Å². The summed E-state index contributed by atoms with van der Waals surface area (Å²) in [5.41, 5.74) is 0. The average Bonchev–Trinajstić information content (AvgIpc) is 2.21. The highest BCUT2D eigenvalue weighted by atomic mass is 33.1. The molecule has 1 amide bonds. The Morgan fingerprint density at radius 2 is 2.13 bits per heavy atom. The molecule has 0 N–H and O–H groups in total. The van der Waals surface area contributed by atoms with Gasteiger partial charge in [-0.3, -0.25) is 4.79 Å². The number of likely N-dealkylation sites (N-methyl/N-ethyl adjacent to an activating group) is 1. The first-order valence-electron chi connectivity index (χ1n) is 5.22. The van der Waals surface area contributed by atoms with Crippen molar-refractivity contribution in [2.75, 3.05) is 26.8 Å². The first kappa shape index (κ1) is 15.1. The van der Waals surface area contributed by atoms with Crippen molar-refractivity contribution < 1.29 is 9.53 Å². The summed E-state index contributed by atoms with van der Waals surface area (Å²) in [6.07, 6.45) is 2.29. The Morgan fingerprint density at radius 1 is 1.47 bits per heavy atom. The van der Waals surface area contributed by atoms with E-state index in [4.69, 9.17) is 4.74 Å². The van der Waals surface area contributed by atoms with Crippen molar-refractivity contribution in [3.05, 3.63) is 0 Å². The van der Waals surface area contributed by atoms with Crippen LogP contribution in [0.15, 0.2) is 0 Å². The van der Waals surface area contributed by atoms with Gasteiger partial charge in [0, 0.05) is 31.0 Å². The molecule has 0 saturated carbocycles. The molecule has 0 fully saturated rings. The molecule has 0 spiro atoms. The van der Waals surface area contributed by atoms with Crippen LogP contribution in [0.2, 0.25) is 0 Å². The number of hydrogen-bond donors (Lipinski definition) is 1. The van der Waals surface area contributed by atoms with Crippen LogP contribution >= 0.6 is 22.5 Å². The quantitative estimate of drug-likeness (QED) is 0.428. The van der Waals surface area contributed by atoms with Gasteiger partial charge in [0.2, 0.25) is 0 Å². The third-order valence-corrected chi connectivity index (χ3v) is 2.97. The van der Waals surface area contributed by atoms with E-state index in [2.05, 4.69) is 25.5 Å². The second-order valence-electron chi connectivity index (χ2n) is 3.93. The van der Waals surface area contributed by atoms with Crippen molar-refractivity contribution >= 4 is 27.7 Å². The van der Waals surface area contributed by atoms with Gasteiger partial charge in [-0.15, -0.1) is 11.7 Å². The van der Waals surface area contributed by atoms with Gasteiger partial charge in [-0.25, -0.2) is 0 Å². The maximum Gasteiger partial charge on any atom is 0.291 e. The van der Waals surface area contributed by atoms with Crippen molar-refractivity contribution in [1.29, 1.82) is 0 Å². The van der Waals surface area contributed by atoms with Crippen molar-refractivity contribution in [3.63, 3.8) is 0 Å². The lowest BCUT2D eigenvalue weighted by Crippen LogP contribution is -2.26. The van der Waals surface area contributed by atoms with Crippen LogP contribution in [-0.4, -0.2) is 36.9 Å². The molecule has 0 heterocycles. The van der Waals surface area contributed by atoms with Crippen LogP contribution in [0, 0.1) is 5.92 Å². The molecule has 15 heavy (non-hydrogen) atoms. The van der Waals surface area contributed by atoms with Crippen molar-refractivity contribution in [2.24, 2.45) is 5.92 Å². The van der Waals surface area contributed by atoms with E-state index >= 15 is 0 Å². The molecule has 0 aromatic carbocycles. The standard InChI is InChI=1S/C10H21NO2S2/c1-9(2)5-4-7-13-8-6-11(3)10(12)15-14/h9,14H,4-8H2,1-3H3. The lowest BCUT2D eigenvalue weighted by atomic mass is 10.1. The number of nitrogens with zero attached hydrogens (tertiary/aromatic N) is 1. The average molecular weight is 251 g/mol.